The summed E-state index contributed by atoms with van der Waals surface area (Å²) in [6.07, 6.45) is -0.916. The molecule has 0 fully saturated rings. The maximum Gasteiger partial charge on any atom is 0.387 e. The molecular weight excluding hydrogens is 480 g/mol. The molecule has 0 radical (unpaired) electrons. The highest BCUT2D eigenvalue weighted by Crippen LogP contribution is 2.37. The van der Waals surface area contributed by atoms with Crippen molar-refractivity contribution >= 4 is 15.7 Å². The van der Waals surface area contributed by atoms with Crippen LogP contribution in [0.2, 0.25) is 0 Å². The van der Waals surface area contributed by atoms with E-state index in [9.17, 15) is 22.3 Å². The Labute approximate surface area is 199 Å². The first-order valence-corrected chi connectivity index (χ1v) is 12.2. The van der Waals surface area contributed by atoms with E-state index in [0.29, 0.717) is 33.9 Å². The first-order valence-electron chi connectivity index (χ1n) is 10.7. The number of ether oxygens (including phenoxy) is 1. The van der Waals surface area contributed by atoms with Gasteiger partial charge in [0.1, 0.15) is 11.9 Å². The predicted octanol–water partition coefficient (Wildman–Crippen LogP) is 2.63. The lowest BCUT2D eigenvalue weighted by molar-refractivity contribution is -0.0507. The Hall–Kier alpha value is -3.45. The fraction of sp³-hybridized carbons (Fsp3) is 0.217. The lowest BCUT2D eigenvalue weighted by atomic mass is 9.96. The van der Waals surface area contributed by atoms with Gasteiger partial charge in [-0.05, 0) is 37.4 Å². The molecule has 2 aromatic carbocycles. The molecule has 0 aliphatic carbocycles. The van der Waals surface area contributed by atoms with E-state index in [0.717, 1.165) is 0 Å². The third-order valence-electron chi connectivity index (χ3n) is 5.82. The maximum atomic E-state index is 13.0. The van der Waals surface area contributed by atoms with Gasteiger partial charge < -0.3 is 15.2 Å². The average Bonchev–Trinajstić information content (AvgIpc) is 3.24. The third kappa shape index (κ3) is 4.25. The quantitative estimate of drug-likeness (QED) is 0.372. The van der Waals surface area contributed by atoms with E-state index in [1.54, 1.807) is 47.0 Å². The second-order valence-corrected chi connectivity index (χ2v) is 9.76. The Morgan fingerprint density at radius 3 is 2.60 bits per heavy atom. The van der Waals surface area contributed by atoms with Crippen LogP contribution in [0.25, 0.3) is 16.9 Å². The highest BCUT2D eigenvalue weighted by Gasteiger charge is 2.34. The van der Waals surface area contributed by atoms with Crippen LogP contribution in [0.5, 0.6) is 5.75 Å². The number of rotatable bonds is 6. The third-order valence-corrected chi connectivity index (χ3v) is 7.25. The Bertz CT molecular complexity index is 1490. The van der Waals surface area contributed by atoms with Crippen molar-refractivity contribution in [1.29, 1.82) is 0 Å². The second-order valence-electron chi connectivity index (χ2n) is 7.88. The van der Waals surface area contributed by atoms with E-state index in [2.05, 4.69) is 20.1 Å². The number of halogens is 2. The van der Waals surface area contributed by atoms with Gasteiger partial charge >= 0.3 is 6.61 Å². The number of imidazole rings is 1. The Kier molecular flexibility index (Phi) is 5.97. The number of aromatic nitrogens is 3. The van der Waals surface area contributed by atoms with Gasteiger partial charge in [-0.3, -0.25) is 0 Å². The number of para-hydroxylation sites is 1. The van der Waals surface area contributed by atoms with E-state index >= 15 is 0 Å². The van der Waals surface area contributed by atoms with Crippen molar-refractivity contribution in [3.05, 3.63) is 77.6 Å². The van der Waals surface area contributed by atoms with Crippen LogP contribution in [-0.4, -0.2) is 48.3 Å². The summed E-state index contributed by atoms with van der Waals surface area (Å²) in [5.41, 5.74) is 3.00. The van der Waals surface area contributed by atoms with Gasteiger partial charge in [-0.1, -0.05) is 30.3 Å². The Balaban J connectivity index is 1.62. The smallest absolute Gasteiger partial charge is 0.387 e. The van der Waals surface area contributed by atoms with Gasteiger partial charge in [0.05, 0.1) is 28.0 Å². The van der Waals surface area contributed by atoms with Gasteiger partial charge in [0, 0.05) is 17.7 Å². The van der Waals surface area contributed by atoms with E-state index in [4.69, 9.17) is 4.74 Å². The summed E-state index contributed by atoms with van der Waals surface area (Å²) in [4.78, 5) is 4.65. The number of aliphatic hydroxyl groups is 1. The number of nitrogens with zero attached hydrogens (tertiary/aromatic N) is 3. The first kappa shape index (κ1) is 23.3. The summed E-state index contributed by atoms with van der Waals surface area (Å²) in [5, 5.41) is 18.4. The fourth-order valence-electron chi connectivity index (χ4n) is 4.16. The highest BCUT2D eigenvalue weighted by atomic mass is 32.2. The van der Waals surface area contributed by atoms with Crippen LogP contribution in [-0.2, 0) is 10.0 Å². The molecular formula is C23H21F2N5O4S. The minimum absolute atomic E-state index is 0.00905. The largest absolute Gasteiger partial charge is 0.434 e. The monoisotopic (exact) mass is 501 g/mol. The molecule has 3 N–H and O–H groups in total. The van der Waals surface area contributed by atoms with Crippen LogP contribution in [0.4, 0.5) is 8.78 Å². The van der Waals surface area contributed by atoms with Gasteiger partial charge in [-0.2, -0.15) is 13.9 Å². The number of sulfonamides is 1. The standard InChI is InChI=1S/C23H21F2N5O4S/c1-26-35(32,33)14-8-6-13(7-9-14)16-10-11-19-28-21-17(31)12-27-20(22(21)30(19)29-16)15-4-2-3-5-18(15)34-23(24)25/h2-11,17,20,23,26-27,31H,12H2,1H3. The normalized spacial score (nSPS) is 18.1. The zero-order chi connectivity index (χ0) is 24.7. The lowest BCUT2D eigenvalue weighted by Crippen LogP contribution is -2.35. The Morgan fingerprint density at radius 2 is 1.89 bits per heavy atom. The molecule has 3 heterocycles. The number of hydrogen-bond acceptors (Lipinski definition) is 7. The molecule has 12 heteroatoms. The van der Waals surface area contributed by atoms with E-state index < -0.39 is 28.8 Å². The summed E-state index contributed by atoms with van der Waals surface area (Å²) < 4.78 is 58.7. The molecule has 2 aromatic heterocycles. The van der Waals surface area contributed by atoms with E-state index in [1.807, 2.05) is 0 Å². The summed E-state index contributed by atoms with van der Waals surface area (Å²) in [7, 11) is -2.24. The number of benzene rings is 2. The number of aliphatic hydroxyl groups excluding tert-OH is 1. The number of nitrogens with one attached hydrogen (secondary N) is 2. The second kappa shape index (κ2) is 8.96. The van der Waals surface area contributed by atoms with Crippen LogP contribution in [0.1, 0.15) is 29.1 Å². The molecule has 0 bridgehead atoms. The van der Waals surface area contributed by atoms with Crippen molar-refractivity contribution in [2.75, 3.05) is 13.6 Å². The van der Waals surface area contributed by atoms with Crippen LogP contribution in [0.3, 0.4) is 0 Å². The van der Waals surface area contributed by atoms with Gasteiger partial charge in [-0.15, -0.1) is 0 Å². The summed E-state index contributed by atoms with van der Waals surface area (Å²) in [5.74, 6) is 0.00905. The zero-order valence-electron chi connectivity index (χ0n) is 18.4. The number of hydrogen-bond donors (Lipinski definition) is 3. The number of β-amino-alcohol motifs (C(OH)–C–C–N with tert-alkyl or cyclic N) is 1. The highest BCUT2D eigenvalue weighted by molar-refractivity contribution is 7.89. The molecule has 4 aromatic rings. The first-order chi connectivity index (χ1) is 16.8. The number of fused-ring (bicyclic) bond motifs is 3. The minimum atomic E-state index is -3.58. The predicted molar refractivity (Wildman–Crippen MR) is 123 cm³/mol. The van der Waals surface area contributed by atoms with Crippen LogP contribution in [0, 0.1) is 0 Å². The molecule has 2 unspecified atom stereocenters. The van der Waals surface area contributed by atoms with Crippen LogP contribution in [0.15, 0.2) is 65.6 Å². The molecule has 0 amide bonds. The molecule has 0 spiro atoms. The van der Waals surface area contributed by atoms with Crippen molar-refractivity contribution < 1.29 is 27.0 Å². The SMILES string of the molecule is CNS(=O)(=O)c1ccc(-c2ccc3nc4c(n3n2)C(c2ccccc2OC(F)F)NCC4O)cc1. The van der Waals surface area contributed by atoms with Gasteiger partial charge in [-0.25, -0.2) is 22.6 Å². The lowest BCUT2D eigenvalue weighted by Gasteiger charge is -2.28. The van der Waals surface area contributed by atoms with Crippen molar-refractivity contribution in [3.8, 4) is 17.0 Å². The Morgan fingerprint density at radius 1 is 1.14 bits per heavy atom. The molecule has 9 nitrogen and oxygen atoms in total. The maximum absolute atomic E-state index is 13.0. The summed E-state index contributed by atoms with van der Waals surface area (Å²) in [6.45, 7) is -2.83. The van der Waals surface area contributed by atoms with Crippen molar-refractivity contribution in [2.45, 2.75) is 23.7 Å². The molecule has 0 saturated carbocycles. The molecule has 182 valence electrons. The molecule has 2 atom stereocenters. The van der Waals surface area contributed by atoms with Gasteiger partial charge in [0.2, 0.25) is 10.0 Å². The van der Waals surface area contributed by atoms with Crippen molar-refractivity contribution in [2.24, 2.45) is 0 Å². The topological polar surface area (TPSA) is 118 Å². The summed E-state index contributed by atoms with van der Waals surface area (Å²) >= 11 is 0. The van der Waals surface area contributed by atoms with Crippen molar-refractivity contribution in [3.63, 3.8) is 0 Å². The zero-order valence-corrected chi connectivity index (χ0v) is 19.2. The van der Waals surface area contributed by atoms with Crippen LogP contribution >= 0.6 is 0 Å². The molecule has 1 aliphatic heterocycles. The summed E-state index contributed by atoms with van der Waals surface area (Å²) in [6, 6.07) is 15.5. The number of alkyl halides is 2. The van der Waals surface area contributed by atoms with Crippen molar-refractivity contribution in [1.82, 2.24) is 24.6 Å². The molecule has 1 aliphatic rings. The minimum Gasteiger partial charge on any atom is -0.434 e. The fourth-order valence-corrected chi connectivity index (χ4v) is 4.89. The van der Waals surface area contributed by atoms with E-state index in [1.165, 1.54) is 25.2 Å². The van der Waals surface area contributed by atoms with E-state index in [-0.39, 0.29) is 17.2 Å². The molecule has 5 rings (SSSR count). The van der Waals surface area contributed by atoms with Gasteiger partial charge in [0.15, 0.2) is 5.65 Å². The molecule has 0 saturated heterocycles. The van der Waals surface area contributed by atoms with Gasteiger partial charge in [0.25, 0.3) is 0 Å². The molecule has 35 heavy (non-hydrogen) atoms. The van der Waals surface area contributed by atoms with Crippen LogP contribution < -0.4 is 14.8 Å². The average molecular weight is 502 g/mol.